The van der Waals surface area contributed by atoms with Crippen LogP contribution in [0, 0.1) is 21.8 Å². The van der Waals surface area contributed by atoms with E-state index in [0.717, 1.165) is 12.1 Å². The molecule has 0 bridgehead atoms. The molecule has 3 aromatic rings. The molecular weight excluding hydrogens is 391 g/mol. The Morgan fingerprint density at radius 1 is 1.23 bits per heavy atom. The van der Waals surface area contributed by atoms with Crippen molar-refractivity contribution in [1.82, 2.24) is 15.0 Å². The number of rotatable bonds is 8. The van der Waals surface area contributed by atoms with Crippen LogP contribution in [0.15, 0.2) is 48.8 Å². The average molecular weight is 412 g/mol. The van der Waals surface area contributed by atoms with E-state index in [4.69, 9.17) is 0 Å². The second-order valence-corrected chi connectivity index (χ2v) is 6.92. The summed E-state index contributed by atoms with van der Waals surface area (Å²) in [6.45, 7) is 3.77. The molecule has 0 saturated heterocycles. The maximum Gasteiger partial charge on any atom is 0.295 e. The predicted molar refractivity (Wildman–Crippen MR) is 111 cm³/mol. The maximum absolute atomic E-state index is 13.5. The summed E-state index contributed by atoms with van der Waals surface area (Å²) in [5.74, 6) is -0.107. The van der Waals surface area contributed by atoms with E-state index < -0.39 is 16.4 Å². The minimum absolute atomic E-state index is 0.0887. The van der Waals surface area contributed by atoms with Gasteiger partial charge in [-0.3, -0.25) is 15.1 Å². The number of benzene rings is 1. The van der Waals surface area contributed by atoms with Gasteiger partial charge in [-0.05, 0) is 30.2 Å². The topological polar surface area (TPSA) is 126 Å². The number of aromatic nitrogens is 3. The first kappa shape index (κ1) is 21.1. The quantitative estimate of drug-likeness (QED) is 0.377. The van der Waals surface area contributed by atoms with Crippen molar-refractivity contribution in [2.75, 3.05) is 17.2 Å². The normalized spacial score (nSPS) is 11.9. The van der Waals surface area contributed by atoms with Crippen LogP contribution in [-0.4, -0.2) is 37.6 Å². The zero-order chi connectivity index (χ0) is 21.7. The van der Waals surface area contributed by atoms with Gasteiger partial charge < -0.3 is 15.7 Å². The molecule has 0 unspecified atom stereocenters. The van der Waals surface area contributed by atoms with Gasteiger partial charge in [0, 0.05) is 24.0 Å². The van der Waals surface area contributed by atoms with E-state index in [0.29, 0.717) is 11.3 Å². The Bertz CT molecular complexity index is 1030. The first-order valence-electron chi connectivity index (χ1n) is 9.25. The Balaban J connectivity index is 2.03. The van der Waals surface area contributed by atoms with E-state index in [1.165, 1.54) is 6.07 Å². The van der Waals surface area contributed by atoms with Gasteiger partial charge in [-0.15, -0.1) is 0 Å². The summed E-state index contributed by atoms with van der Waals surface area (Å²) in [4.78, 5) is 23.6. The third kappa shape index (κ3) is 5.03. The lowest BCUT2D eigenvalue weighted by molar-refractivity contribution is -0.384. The van der Waals surface area contributed by atoms with Crippen LogP contribution in [0.4, 0.5) is 27.5 Å². The van der Waals surface area contributed by atoms with Crippen molar-refractivity contribution < 1.29 is 14.4 Å². The minimum atomic E-state index is -0.712. The van der Waals surface area contributed by atoms with Gasteiger partial charge in [0.1, 0.15) is 17.3 Å². The smallest absolute Gasteiger partial charge is 0.295 e. The molecule has 0 fully saturated rings. The number of nitrogens with zero attached hydrogens (tertiary/aromatic N) is 4. The largest absolute Gasteiger partial charge is 0.394 e. The first-order valence-corrected chi connectivity index (χ1v) is 9.25. The molecule has 0 radical (unpaired) electrons. The van der Waals surface area contributed by atoms with E-state index >= 15 is 0 Å². The summed E-state index contributed by atoms with van der Waals surface area (Å²) in [6, 6.07) is 8.13. The number of nitro groups is 1. The number of hydrogen-bond acceptors (Lipinski definition) is 8. The van der Waals surface area contributed by atoms with Crippen molar-refractivity contribution in [3.8, 4) is 11.3 Å². The third-order valence-corrected chi connectivity index (χ3v) is 4.42. The van der Waals surface area contributed by atoms with Gasteiger partial charge in [-0.2, -0.15) is 4.98 Å². The lowest BCUT2D eigenvalue weighted by Gasteiger charge is -2.20. The molecule has 1 atom stereocenters. The molecule has 0 aliphatic carbocycles. The summed E-state index contributed by atoms with van der Waals surface area (Å²) in [5, 5.41) is 26.9. The van der Waals surface area contributed by atoms with Crippen LogP contribution in [0.3, 0.4) is 0 Å². The van der Waals surface area contributed by atoms with E-state index in [1.54, 1.807) is 24.5 Å². The molecule has 156 valence electrons. The number of nitro benzene ring substituents is 1. The second kappa shape index (κ2) is 9.23. The van der Waals surface area contributed by atoms with Crippen LogP contribution < -0.4 is 10.6 Å². The molecule has 0 aliphatic heterocycles. The Kier molecular flexibility index (Phi) is 6.48. The van der Waals surface area contributed by atoms with Gasteiger partial charge in [-0.1, -0.05) is 13.8 Å². The minimum Gasteiger partial charge on any atom is -0.394 e. The zero-order valence-corrected chi connectivity index (χ0v) is 16.4. The highest BCUT2D eigenvalue weighted by Crippen LogP contribution is 2.29. The lowest BCUT2D eigenvalue weighted by Crippen LogP contribution is -2.30. The second-order valence-electron chi connectivity index (χ2n) is 6.92. The van der Waals surface area contributed by atoms with Crippen molar-refractivity contribution in [3.63, 3.8) is 0 Å². The Morgan fingerprint density at radius 3 is 2.67 bits per heavy atom. The maximum atomic E-state index is 13.5. The van der Waals surface area contributed by atoms with Gasteiger partial charge in [0.15, 0.2) is 0 Å². The summed E-state index contributed by atoms with van der Waals surface area (Å²) in [7, 11) is 0. The summed E-state index contributed by atoms with van der Waals surface area (Å²) in [6.07, 6.45) is 3.26. The van der Waals surface area contributed by atoms with Crippen LogP contribution in [0.1, 0.15) is 13.8 Å². The van der Waals surface area contributed by atoms with E-state index in [9.17, 15) is 19.6 Å². The van der Waals surface area contributed by atoms with E-state index in [2.05, 4.69) is 25.6 Å². The van der Waals surface area contributed by atoms with E-state index in [1.807, 2.05) is 19.9 Å². The molecule has 3 N–H and O–H groups in total. The monoisotopic (exact) mass is 412 g/mol. The third-order valence-electron chi connectivity index (χ3n) is 4.42. The summed E-state index contributed by atoms with van der Waals surface area (Å²) >= 11 is 0. The van der Waals surface area contributed by atoms with Crippen molar-refractivity contribution in [1.29, 1.82) is 0 Å². The van der Waals surface area contributed by atoms with E-state index in [-0.39, 0.29) is 36.0 Å². The Hall–Kier alpha value is -3.66. The van der Waals surface area contributed by atoms with Crippen LogP contribution in [-0.2, 0) is 0 Å². The van der Waals surface area contributed by atoms with Crippen molar-refractivity contribution in [2.24, 2.45) is 5.92 Å². The number of aliphatic hydroxyl groups excluding tert-OH is 1. The van der Waals surface area contributed by atoms with Gasteiger partial charge >= 0.3 is 0 Å². The molecule has 30 heavy (non-hydrogen) atoms. The lowest BCUT2D eigenvalue weighted by atomic mass is 10.1. The standard InChI is InChI=1S/C20H21FN6O3/c1-12(2)17(11-28)25-20-24-16(13-4-3-7-22-10-13)9-19(26-20)23-15-6-5-14(21)8-18(15)27(29)30/h3-10,12,17,28H,11H2,1-2H3,(H2,23,24,25,26)/t17-/m1/s1. The average Bonchev–Trinajstić information content (AvgIpc) is 2.73. The molecule has 2 heterocycles. The van der Waals surface area contributed by atoms with Gasteiger partial charge in [0.25, 0.3) is 5.69 Å². The van der Waals surface area contributed by atoms with Crippen molar-refractivity contribution in [3.05, 3.63) is 64.7 Å². The molecular formula is C20H21FN6O3. The summed E-state index contributed by atoms with van der Waals surface area (Å²) < 4.78 is 13.5. The fourth-order valence-corrected chi connectivity index (χ4v) is 2.73. The molecule has 0 spiro atoms. The van der Waals surface area contributed by atoms with Gasteiger partial charge in [-0.25, -0.2) is 9.37 Å². The molecule has 0 aliphatic rings. The first-order chi connectivity index (χ1) is 14.4. The van der Waals surface area contributed by atoms with Crippen LogP contribution in [0.25, 0.3) is 11.3 Å². The molecule has 9 nitrogen and oxygen atoms in total. The Morgan fingerprint density at radius 2 is 2.03 bits per heavy atom. The molecule has 3 rings (SSSR count). The van der Waals surface area contributed by atoms with Crippen LogP contribution >= 0.6 is 0 Å². The zero-order valence-electron chi connectivity index (χ0n) is 16.4. The molecule has 2 aromatic heterocycles. The number of aliphatic hydroxyl groups is 1. The van der Waals surface area contributed by atoms with Crippen molar-refractivity contribution >= 4 is 23.1 Å². The molecule has 1 aromatic carbocycles. The molecule has 10 heteroatoms. The Labute approximate surface area is 172 Å². The van der Waals surface area contributed by atoms with Crippen LogP contribution in [0.2, 0.25) is 0 Å². The van der Waals surface area contributed by atoms with Crippen LogP contribution in [0.5, 0.6) is 0 Å². The number of halogens is 1. The fraction of sp³-hybridized carbons (Fsp3) is 0.250. The number of nitrogens with one attached hydrogen (secondary N) is 2. The molecule has 0 saturated carbocycles. The highest BCUT2D eigenvalue weighted by molar-refractivity contribution is 5.71. The van der Waals surface area contributed by atoms with Gasteiger partial charge in [0.2, 0.25) is 5.95 Å². The SMILES string of the molecule is CC(C)[C@@H](CO)Nc1nc(Nc2ccc(F)cc2[N+](=O)[O-])cc(-c2cccnc2)n1. The summed E-state index contributed by atoms with van der Waals surface area (Å²) in [5.41, 5.74) is 0.908. The van der Waals surface area contributed by atoms with Crippen molar-refractivity contribution in [2.45, 2.75) is 19.9 Å². The number of pyridine rings is 1. The molecule has 0 amide bonds. The predicted octanol–water partition coefficient (Wildman–Crippen LogP) is 3.76. The fourth-order valence-electron chi connectivity index (χ4n) is 2.73. The number of hydrogen-bond donors (Lipinski definition) is 3. The highest BCUT2D eigenvalue weighted by atomic mass is 19.1. The highest BCUT2D eigenvalue weighted by Gasteiger charge is 2.18. The van der Waals surface area contributed by atoms with Gasteiger partial charge in [0.05, 0.1) is 29.3 Å². The number of anilines is 3.